The summed E-state index contributed by atoms with van der Waals surface area (Å²) in [4.78, 5) is 16.7. The van der Waals surface area contributed by atoms with E-state index in [9.17, 15) is 10.1 Å². The third-order valence-corrected chi connectivity index (χ3v) is 3.73. The van der Waals surface area contributed by atoms with Crippen LogP contribution in [0.2, 0.25) is 0 Å². The number of nitrogens with one attached hydrogen (secondary N) is 1. The Labute approximate surface area is 114 Å². The Kier molecular flexibility index (Phi) is 4.13. The van der Waals surface area contributed by atoms with Crippen molar-refractivity contribution in [2.45, 2.75) is 18.9 Å². The summed E-state index contributed by atoms with van der Waals surface area (Å²) in [6.07, 6.45) is 5.02. The second-order valence-corrected chi connectivity index (χ2v) is 5.15. The summed E-state index contributed by atoms with van der Waals surface area (Å²) in [6.45, 7) is 1.67. The van der Waals surface area contributed by atoms with Gasteiger partial charge in [0.25, 0.3) is 0 Å². The molecule has 1 aromatic rings. The molecule has 18 heavy (non-hydrogen) atoms. The van der Waals surface area contributed by atoms with Crippen LogP contribution in [0.1, 0.15) is 12.8 Å². The molecule has 1 atom stereocenters. The van der Waals surface area contributed by atoms with Crippen LogP contribution in [0.15, 0.2) is 16.9 Å². The van der Waals surface area contributed by atoms with Crippen LogP contribution in [0, 0.1) is 10.1 Å². The van der Waals surface area contributed by atoms with Gasteiger partial charge < -0.3 is 10.2 Å². The van der Waals surface area contributed by atoms with Crippen molar-refractivity contribution in [3.05, 3.63) is 27.0 Å². The average molecular weight is 315 g/mol. The zero-order chi connectivity index (χ0) is 13.1. The lowest BCUT2D eigenvalue weighted by atomic mass is 10.2. The van der Waals surface area contributed by atoms with Crippen LogP contribution in [0.5, 0.6) is 0 Å². The predicted octanol–water partition coefficient (Wildman–Crippen LogP) is 1.94. The van der Waals surface area contributed by atoms with Gasteiger partial charge in [-0.3, -0.25) is 15.1 Å². The van der Waals surface area contributed by atoms with Crippen molar-refractivity contribution in [2.75, 3.05) is 25.0 Å². The summed E-state index contributed by atoms with van der Waals surface area (Å²) in [7, 11) is 1.90. The molecule has 2 rings (SSSR count). The van der Waals surface area contributed by atoms with E-state index >= 15 is 0 Å². The highest BCUT2D eigenvalue weighted by molar-refractivity contribution is 9.10. The van der Waals surface area contributed by atoms with E-state index in [0.717, 1.165) is 25.9 Å². The molecule has 1 aromatic heterocycles. The first-order valence-electron chi connectivity index (χ1n) is 5.84. The fourth-order valence-electron chi connectivity index (χ4n) is 2.41. The molecule has 0 aliphatic carbocycles. The fourth-order valence-corrected chi connectivity index (χ4v) is 2.96. The maximum atomic E-state index is 11.1. The summed E-state index contributed by atoms with van der Waals surface area (Å²) in [5.74, 6) is 0. The van der Waals surface area contributed by atoms with Crippen LogP contribution in [-0.4, -0.2) is 36.1 Å². The van der Waals surface area contributed by atoms with Crippen molar-refractivity contribution in [2.24, 2.45) is 0 Å². The first-order valence-corrected chi connectivity index (χ1v) is 6.63. The highest BCUT2D eigenvalue weighted by Gasteiger charge is 2.31. The van der Waals surface area contributed by atoms with Crippen molar-refractivity contribution >= 4 is 27.3 Å². The molecule has 1 fully saturated rings. The van der Waals surface area contributed by atoms with Crippen molar-refractivity contribution in [3.8, 4) is 0 Å². The van der Waals surface area contributed by atoms with Crippen molar-refractivity contribution in [1.82, 2.24) is 10.3 Å². The first kappa shape index (κ1) is 13.2. The molecule has 0 saturated carbocycles. The molecule has 1 saturated heterocycles. The highest BCUT2D eigenvalue weighted by atomic mass is 79.9. The quantitative estimate of drug-likeness (QED) is 0.679. The molecule has 0 amide bonds. The molecule has 6 nitrogen and oxygen atoms in total. The lowest BCUT2D eigenvalue weighted by molar-refractivity contribution is -0.384. The summed E-state index contributed by atoms with van der Waals surface area (Å²) in [5.41, 5.74) is 0.708. The van der Waals surface area contributed by atoms with Gasteiger partial charge >= 0.3 is 5.69 Å². The second kappa shape index (κ2) is 5.62. The molecule has 7 heteroatoms. The number of halogens is 1. The van der Waals surface area contributed by atoms with E-state index in [2.05, 4.69) is 31.1 Å². The van der Waals surface area contributed by atoms with Gasteiger partial charge in [0.15, 0.2) is 0 Å². The smallest absolute Gasteiger partial charge is 0.311 e. The summed E-state index contributed by atoms with van der Waals surface area (Å²) >= 11 is 3.38. The lowest BCUT2D eigenvalue weighted by Crippen LogP contribution is -2.37. The minimum atomic E-state index is -0.373. The van der Waals surface area contributed by atoms with E-state index in [1.54, 1.807) is 6.20 Å². The molecule has 1 aliphatic rings. The van der Waals surface area contributed by atoms with Gasteiger partial charge in [-0.25, -0.2) is 0 Å². The third kappa shape index (κ3) is 2.46. The molecule has 0 spiro atoms. The van der Waals surface area contributed by atoms with E-state index in [0.29, 0.717) is 16.2 Å². The SMILES string of the molecule is CNCC1CCCN1c1c(Br)cncc1[N+](=O)[O-]. The number of anilines is 1. The zero-order valence-electron chi connectivity index (χ0n) is 10.1. The Morgan fingerprint density at radius 3 is 3.11 bits per heavy atom. The number of likely N-dealkylation sites (N-methyl/N-ethyl adjacent to an activating group) is 1. The Morgan fingerprint density at radius 1 is 1.67 bits per heavy atom. The van der Waals surface area contributed by atoms with Gasteiger partial charge in [0, 0.05) is 25.3 Å². The number of nitro groups is 1. The fraction of sp³-hybridized carbons (Fsp3) is 0.545. The van der Waals surface area contributed by atoms with E-state index in [4.69, 9.17) is 0 Å². The highest BCUT2D eigenvalue weighted by Crippen LogP contribution is 2.38. The zero-order valence-corrected chi connectivity index (χ0v) is 11.7. The van der Waals surface area contributed by atoms with Gasteiger partial charge in [0.2, 0.25) is 0 Å². The molecular weight excluding hydrogens is 300 g/mol. The topological polar surface area (TPSA) is 71.3 Å². The Bertz CT molecular complexity index is 455. The van der Waals surface area contributed by atoms with Gasteiger partial charge in [-0.1, -0.05) is 0 Å². The molecular formula is C11H15BrN4O2. The Morgan fingerprint density at radius 2 is 2.44 bits per heavy atom. The molecule has 2 heterocycles. The Balaban J connectivity index is 2.40. The molecule has 1 N–H and O–H groups in total. The van der Waals surface area contributed by atoms with Gasteiger partial charge in [0.05, 0.1) is 9.40 Å². The summed E-state index contributed by atoms with van der Waals surface area (Å²) in [5, 5.41) is 14.2. The number of hydrogen-bond donors (Lipinski definition) is 1. The molecule has 1 unspecified atom stereocenters. The first-order chi connectivity index (χ1) is 8.65. The molecule has 98 valence electrons. The predicted molar refractivity (Wildman–Crippen MR) is 72.9 cm³/mol. The van der Waals surface area contributed by atoms with E-state index in [-0.39, 0.29) is 10.6 Å². The minimum Gasteiger partial charge on any atom is -0.361 e. The van der Waals surface area contributed by atoms with Crippen LogP contribution in [0.3, 0.4) is 0 Å². The van der Waals surface area contributed by atoms with Gasteiger partial charge in [0.1, 0.15) is 11.9 Å². The summed E-state index contributed by atoms with van der Waals surface area (Å²) < 4.78 is 0.680. The molecule has 0 aromatic carbocycles. The normalized spacial score (nSPS) is 19.2. The number of nitrogens with zero attached hydrogens (tertiary/aromatic N) is 3. The largest absolute Gasteiger partial charge is 0.361 e. The average Bonchev–Trinajstić information content (AvgIpc) is 2.77. The van der Waals surface area contributed by atoms with Gasteiger partial charge in [-0.15, -0.1) is 0 Å². The van der Waals surface area contributed by atoms with Crippen molar-refractivity contribution in [1.29, 1.82) is 0 Å². The maximum absolute atomic E-state index is 11.1. The standard InChI is InChI=1S/C11H15BrN4O2/c1-13-5-8-3-2-4-15(8)11-9(12)6-14-7-10(11)16(17)18/h6-8,13H,2-5H2,1H3. The number of aromatic nitrogens is 1. The number of pyridine rings is 1. The minimum absolute atomic E-state index is 0.0624. The molecule has 1 aliphatic heterocycles. The monoisotopic (exact) mass is 314 g/mol. The number of rotatable bonds is 4. The van der Waals surface area contributed by atoms with E-state index < -0.39 is 0 Å². The third-order valence-electron chi connectivity index (χ3n) is 3.15. The van der Waals surface area contributed by atoms with Crippen molar-refractivity contribution < 1.29 is 4.92 Å². The van der Waals surface area contributed by atoms with Gasteiger partial charge in [-0.2, -0.15) is 0 Å². The van der Waals surface area contributed by atoms with Crippen LogP contribution in [0.25, 0.3) is 0 Å². The molecule has 0 bridgehead atoms. The lowest BCUT2D eigenvalue weighted by Gasteiger charge is -2.26. The second-order valence-electron chi connectivity index (χ2n) is 4.29. The molecule has 0 radical (unpaired) electrons. The van der Waals surface area contributed by atoms with Crippen molar-refractivity contribution in [3.63, 3.8) is 0 Å². The Hall–Kier alpha value is -1.21. The number of hydrogen-bond acceptors (Lipinski definition) is 5. The van der Waals surface area contributed by atoms with Crippen LogP contribution in [0.4, 0.5) is 11.4 Å². The maximum Gasteiger partial charge on any atom is 0.311 e. The van der Waals surface area contributed by atoms with Gasteiger partial charge in [-0.05, 0) is 35.8 Å². The van der Waals surface area contributed by atoms with E-state index in [1.807, 2.05) is 7.05 Å². The van der Waals surface area contributed by atoms with Crippen LogP contribution in [-0.2, 0) is 0 Å². The van der Waals surface area contributed by atoms with Crippen LogP contribution < -0.4 is 10.2 Å². The van der Waals surface area contributed by atoms with E-state index in [1.165, 1.54) is 6.20 Å². The van der Waals surface area contributed by atoms with Crippen LogP contribution >= 0.6 is 15.9 Å². The summed E-state index contributed by atoms with van der Waals surface area (Å²) in [6, 6.07) is 0.299.